The molecule has 92 valence electrons. The van der Waals surface area contributed by atoms with Gasteiger partial charge in [-0.3, -0.25) is 14.4 Å². The molecule has 0 spiro atoms. The van der Waals surface area contributed by atoms with Crippen molar-refractivity contribution in [3.8, 4) is 0 Å². The van der Waals surface area contributed by atoms with E-state index >= 15 is 0 Å². The van der Waals surface area contributed by atoms with E-state index in [0.717, 1.165) is 26.2 Å². The van der Waals surface area contributed by atoms with Gasteiger partial charge in [0.25, 0.3) is 10.1 Å². The van der Waals surface area contributed by atoms with E-state index < -0.39 is 10.1 Å². The van der Waals surface area contributed by atoms with Crippen LogP contribution in [-0.4, -0.2) is 148 Å². The molecular weight excluding hydrogens is 353 g/mol. The summed E-state index contributed by atoms with van der Waals surface area (Å²) in [4.78, 5) is 4.13. The SMILES string of the molecule is O=S(=O)(O)CCN1CCN(CCO)CC1.[CsH]. The van der Waals surface area contributed by atoms with Crippen molar-refractivity contribution < 1.29 is 18.1 Å². The van der Waals surface area contributed by atoms with Crippen LogP contribution >= 0.6 is 0 Å². The Morgan fingerprint density at radius 1 is 1.00 bits per heavy atom. The molecule has 1 rings (SSSR count). The third-order valence-corrected chi connectivity index (χ3v) is 3.25. The van der Waals surface area contributed by atoms with Gasteiger partial charge in [-0.2, -0.15) is 8.42 Å². The maximum atomic E-state index is 10.5. The molecular formula is C8H19CsN2O4S. The van der Waals surface area contributed by atoms with Gasteiger partial charge in [0.05, 0.1) is 12.4 Å². The number of hydrogen-bond acceptors (Lipinski definition) is 5. The molecule has 1 aliphatic rings. The van der Waals surface area contributed by atoms with Gasteiger partial charge < -0.3 is 5.11 Å². The zero-order valence-electron chi connectivity index (χ0n) is 8.67. The topological polar surface area (TPSA) is 81.1 Å². The van der Waals surface area contributed by atoms with Gasteiger partial charge in [0.15, 0.2) is 0 Å². The molecule has 0 aromatic carbocycles. The number of aliphatic hydroxyl groups is 1. The third-order valence-electron chi connectivity index (χ3n) is 2.55. The normalized spacial score (nSPS) is 19.4. The van der Waals surface area contributed by atoms with Crippen LogP contribution in [0.1, 0.15) is 0 Å². The van der Waals surface area contributed by atoms with Crippen molar-refractivity contribution >= 4 is 79.0 Å². The molecule has 1 heterocycles. The fourth-order valence-corrected chi connectivity index (χ4v) is 2.11. The Kier molecular flexibility index (Phi) is 9.88. The first kappa shape index (κ1) is 17.8. The van der Waals surface area contributed by atoms with E-state index in [9.17, 15) is 8.42 Å². The molecule has 8 heteroatoms. The Morgan fingerprint density at radius 2 is 1.44 bits per heavy atom. The van der Waals surface area contributed by atoms with E-state index in [2.05, 4.69) is 4.90 Å². The summed E-state index contributed by atoms with van der Waals surface area (Å²) in [5, 5.41) is 8.73. The number of aliphatic hydroxyl groups excluding tert-OH is 1. The van der Waals surface area contributed by atoms with E-state index in [1.54, 1.807) is 0 Å². The van der Waals surface area contributed by atoms with Crippen LogP contribution < -0.4 is 0 Å². The van der Waals surface area contributed by atoms with Crippen LogP contribution in [0.15, 0.2) is 0 Å². The summed E-state index contributed by atoms with van der Waals surface area (Å²) in [6, 6.07) is 0. The Bertz CT molecular complexity index is 278. The van der Waals surface area contributed by atoms with Crippen molar-refractivity contribution in [2.45, 2.75) is 0 Å². The summed E-state index contributed by atoms with van der Waals surface area (Å²) in [6.45, 7) is 4.46. The summed E-state index contributed by atoms with van der Waals surface area (Å²) in [5.74, 6) is -0.201. The van der Waals surface area contributed by atoms with Gasteiger partial charge in [-0.15, -0.1) is 0 Å². The molecule has 0 bridgehead atoms. The first-order chi connectivity index (χ1) is 7.01. The zero-order chi connectivity index (χ0) is 11.3. The van der Waals surface area contributed by atoms with Gasteiger partial charge in [0, 0.05) is 39.3 Å². The molecule has 0 aromatic rings. The molecule has 0 unspecified atom stereocenters. The second-order valence-corrected chi connectivity index (χ2v) is 5.27. The Balaban J connectivity index is 0.00000225. The van der Waals surface area contributed by atoms with Crippen LogP contribution in [-0.2, 0) is 10.1 Å². The van der Waals surface area contributed by atoms with E-state index in [1.807, 2.05) is 4.90 Å². The molecule has 0 aliphatic carbocycles. The number of β-amino-alcohol motifs (C(OH)–C–C–N with tert-alkyl or cyclic N) is 1. The van der Waals surface area contributed by atoms with Gasteiger partial charge in [-0.05, 0) is 0 Å². The Labute approximate surface area is 156 Å². The molecule has 0 atom stereocenters. The monoisotopic (exact) mass is 372 g/mol. The van der Waals surface area contributed by atoms with Crippen LogP contribution in [0.5, 0.6) is 0 Å². The quantitative estimate of drug-likeness (QED) is 0.535. The van der Waals surface area contributed by atoms with Crippen molar-refractivity contribution in [3.63, 3.8) is 0 Å². The van der Waals surface area contributed by atoms with Crippen molar-refractivity contribution in [2.24, 2.45) is 0 Å². The maximum absolute atomic E-state index is 10.5. The second kappa shape index (κ2) is 8.86. The minimum absolute atomic E-state index is 0. The van der Waals surface area contributed by atoms with Gasteiger partial charge in [0.1, 0.15) is 0 Å². The first-order valence-electron chi connectivity index (χ1n) is 5.02. The predicted molar refractivity (Wildman–Crippen MR) is 63.5 cm³/mol. The molecule has 6 nitrogen and oxygen atoms in total. The molecule has 1 fully saturated rings. The summed E-state index contributed by atoms with van der Waals surface area (Å²) in [6.07, 6.45) is 0. The molecule has 0 amide bonds. The van der Waals surface area contributed by atoms with Gasteiger partial charge in [0.2, 0.25) is 0 Å². The molecule has 16 heavy (non-hydrogen) atoms. The summed E-state index contributed by atoms with van der Waals surface area (Å²) < 4.78 is 29.6. The first-order valence-corrected chi connectivity index (χ1v) is 6.63. The van der Waals surface area contributed by atoms with Crippen molar-refractivity contribution in [3.05, 3.63) is 0 Å². The second-order valence-electron chi connectivity index (χ2n) is 3.69. The average Bonchev–Trinajstić information content (AvgIpc) is 2.16. The Hall–Kier alpha value is 1.84. The number of nitrogens with zero attached hydrogens (tertiary/aromatic N) is 2. The van der Waals surface area contributed by atoms with Crippen LogP contribution in [0.4, 0.5) is 0 Å². The minimum atomic E-state index is -3.84. The molecule has 0 aromatic heterocycles. The zero-order valence-corrected chi connectivity index (χ0v) is 9.49. The fourth-order valence-electron chi connectivity index (χ4n) is 1.62. The van der Waals surface area contributed by atoms with Crippen molar-refractivity contribution in [2.75, 3.05) is 51.6 Å². The van der Waals surface area contributed by atoms with Crippen LogP contribution in [0.25, 0.3) is 0 Å². The van der Waals surface area contributed by atoms with Gasteiger partial charge in [-0.25, -0.2) is 0 Å². The number of hydrogen-bond donors (Lipinski definition) is 2. The molecule has 0 saturated carbocycles. The standard InChI is InChI=1S/C8H18N2O4S.Cs.H/c11-7-5-9-1-3-10(4-2-9)6-8-15(12,13)14;;/h11H,1-8H2,(H,12,13,14);;. The summed E-state index contributed by atoms with van der Waals surface area (Å²) >= 11 is 0. The van der Waals surface area contributed by atoms with Crippen molar-refractivity contribution in [1.29, 1.82) is 0 Å². The summed E-state index contributed by atoms with van der Waals surface area (Å²) in [7, 11) is -3.84. The van der Waals surface area contributed by atoms with Crippen LogP contribution in [0.3, 0.4) is 0 Å². The van der Waals surface area contributed by atoms with Gasteiger partial charge in [-0.1, -0.05) is 0 Å². The third kappa shape index (κ3) is 8.03. The molecule has 1 saturated heterocycles. The average molecular weight is 372 g/mol. The predicted octanol–water partition coefficient (Wildman–Crippen LogP) is -2.16. The molecule has 0 radical (unpaired) electrons. The molecule has 1 aliphatic heterocycles. The molecule has 2 N–H and O–H groups in total. The fraction of sp³-hybridized carbons (Fsp3) is 1.00. The van der Waals surface area contributed by atoms with Crippen molar-refractivity contribution in [1.82, 2.24) is 9.80 Å². The van der Waals surface area contributed by atoms with Crippen LogP contribution in [0.2, 0.25) is 0 Å². The van der Waals surface area contributed by atoms with Crippen LogP contribution in [0, 0.1) is 0 Å². The van der Waals surface area contributed by atoms with E-state index in [0.29, 0.717) is 13.1 Å². The number of rotatable bonds is 5. The summed E-state index contributed by atoms with van der Waals surface area (Å²) in [5.41, 5.74) is 0. The Morgan fingerprint density at radius 3 is 1.81 bits per heavy atom. The van der Waals surface area contributed by atoms with Gasteiger partial charge >= 0.3 is 68.9 Å². The van der Waals surface area contributed by atoms with E-state index in [4.69, 9.17) is 9.66 Å². The number of piperazine rings is 1. The van der Waals surface area contributed by atoms with E-state index in [1.165, 1.54) is 0 Å². The van der Waals surface area contributed by atoms with E-state index in [-0.39, 0.29) is 81.3 Å².